The van der Waals surface area contributed by atoms with Crippen molar-refractivity contribution in [2.24, 2.45) is 5.41 Å². The van der Waals surface area contributed by atoms with Crippen molar-refractivity contribution in [3.8, 4) is 5.75 Å². The second-order valence-electron chi connectivity index (χ2n) is 12.9. The van der Waals surface area contributed by atoms with Gasteiger partial charge in [-0.25, -0.2) is 5.01 Å². The summed E-state index contributed by atoms with van der Waals surface area (Å²) in [6.07, 6.45) is 0. The van der Waals surface area contributed by atoms with Crippen LogP contribution in [-0.4, -0.2) is 62.0 Å². The Bertz CT molecular complexity index is 1210. The van der Waals surface area contributed by atoms with Crippen LogP contribution in [0.1, 0.15) is 85.9 Å². The molecule has 218 valence electrons. The molecule has 1 N–H and O–H groups in total. The Kier molecular flexibility index (Phi) is 9.44. The smallest absolute Gasteiger partial charge is 0.491 e. The van der Waals surface area contributed by atoms with Crippen LogP contribution in [0.4, 0.5) is 0 Å². The topological polar surface area (TPSA) is 86.3 Å². The first-order chi connectivity index (χ1) is 18.5. The predicted octanol–water partition coefficient (Wildman–Crippen LogP) is 4.77. The lowest BCUT2D eigenvalue weighted by atomic mass is 9.76. The normalized spacial score (nSPS) is 16.1. The quantitative estimate of drug-likeness (QED) is 0.289. The largest absolute Gasteiger partial charge is 0.498 e. The Hall–Kier alpha value is -2.88. The van der Waals surface area contributed by atoms with Crippen LogP contribution in [0, 0.1) is 26.2 Å². The number of hydrazine groups is 1. The molecule has 3 rings (SSSR count). The summed E-state index contributed by atoms with van der Waals surface area (Å²) in [6, 6.07) is 9.21. The molecule has 0 saturated carbocycles. The molecule has 40 heavy (non-hydrogen) atoms. The molecular formula is C31H45BN2O6. The second kappa shape index (κ2) is 11.9. The number of methoxy groups -OCH3 is 1. The van der Waals surface area contributed by atoms with E-state index in [1.807, 2.05) is 87.4 Å². The highest BCUT2D eigenvalue weighted by atomic mass is 16.7. The van der Waals surface area contributed by atoms with E-state index >= 15 is 0 Å². The number of amides is 2. The number of nitrogens with one attached hydrogen (secondary N) is 1. The third kappa shape index (κ3) is 7.25. The van der Waals surface area contributed by atoms with E-state index in [2.05, 4.69) is 5.43 Å². The summed E-state index contributed by atoms with van der Waals surface area (Å²) in [5, 5.41) is 1.41. The lowest BCUT2D eigenvalue weighted by Gasteiger charge is -2.32. The van der Waals surface area contributed by atoms with E-state index in [0.29, 0.717) is 41.1 Å². The summed E-state index contributed by atoms with van der Waals surface area (Å²) >= 11 is 0. The zero-order chi connectivity index (χ0) is 30.0. The van der Waals surface area contributed by atoms with Gasteiger partial charge in [-0.3, -0.25) is 15.0 Å². The fourth-order valence-electron chi connectivity index (χ4n) is 4.61. The molecule has 2 aromatic carbocycles. The van der Waals surface area contributed by atoms with Crippen LogP contribution < -0.4 is 15.6 Å². The molecule has 1 fully saturated rings. The lowest BCUT2D eigenvalue weighted by molar-refractivity contribution is 0.00578. The van der Waals surface area contributed by atoms with Crippen molar-refractivity contribution in [3.63, 3.8) is 0 Å². The standard InChI is InChI=1S/C31H45BN2O6/c1-20-16-21(2)18-23(17-20)28(36)34(19-29(4,5)6)33-27(35)24-12-13-25(26(22(24)3)38-15-14-37-11)32-39-30(7,8)31(9,10)40-32/h12-13,16-18H,14-15,19H2,1-11H3,(H,33,35). The molecule has 9 heteroatoms. The maximum Gasteiger partial charge on any atom is 0.498 e. The molecule has 0 spiro atoms. The molecule has 1 aliphatic rings. The Morgan fingerprint density at radius 3 is 2.05 bits per heavy atom. The van der Waals surface area contributed by atoms with E-state index in [-0.39, 0.29) is 17.9 Å². The zero-order valence-electron chi connectivity index (χ0n) is 26.0. The molecule has 0 aromatic heterocycles. The lowest BCUT2D eigenvalue weighted by Crippen LogP contribution is -2.50. The average molecular weight is 553 g/mol. The highest BCUT2D eigenvalue weighted by molar-refractivity contribution is 6.63. The SMILES string of the molecule is COCCOc1c(B2OC(C)(C)C(C)(C)O2)ccc(C(=O)NN(CC(C)(C)C)C(=O)c2cc(C)cc(C)c2)c1C. The number of ether oxygens (including phenoxy) is 2. The Labute approximate surface area is 239 Å². The molecular weight excluding hydrogens is 507 g/mol. The van der Waals surface area contributed by atoms with Crippen molar-refractivity contribution in [2.75, 3.05) is 26.9 Å². The number of rotatable bonds is 8. The number of carbonyl (C=O) groups is 2. The Morgan fingerprint density at radius 2 is 1.52 bits per heavy atom. The molecule has 8 nitrogen and oxygen atoms in total. The van der Waals surface area contributed by atoms with E-state index < -0.39 is 24.2 Å². The van der Waals surface area contributed by atoms with Gasteiger partial charge in [0.25, 0.3) is 11.8 Å². The number of carbonyl (C=O) groups excluding carboxylic acids is 2. The van der Waals surface area contributed by atoms with Gasteiger partial charge in [0.2, 0.25) is 0 Å². The van der Waals surface area contributed by atoms with Gasteiger partial charge in [0.05, 0.1) is 17.8 Å². The van der Waals surface area contributed by atoms with E-state index in [0.717, 1.165) is 11.1 Å². The van der Waals surface area contributed by atoms with Crippen molar-refractivity contribution in [3.05, 3.63) is 58.1 Å². The molecule has 0 radical (unpaired) electrons. The minimum Gasteiger partial charge on any atom is -0.491 e. The summed E-state index contributed by atoms with van der Waals surface area (Å²) < 4.78 is 23.9. The van der Waals surface area contributed by atoms with Crippen molar-refractivity contribution in [2.45, 2.75) is 80.4 Å². The number of hydrogen-bond donors (Lipinski definition) is 1. The third-order valence-corrected chi connectivity index (χ3v) is 7.30. The molecule has 1 saturated heterocycles. The van der Waals surface area contributed by atoms with E-state index in [9.17, 15) is 9.59 Å². The van der Waals surface area contributed by atoms with Gasteiger partial charge in [0, 0.05) is 35.8 Å². The van der Waals surface area contributed by atoms with Gasteiger partial charge >= 0.3 is 7.12 Å². The molecule has 0 atom stereocenters. The highest BCUT2D eigenvalue weighted by Gasteiger charge is 2.52. The van der Waals surface area contributed by atoms with Crippen LogP contribution in [-0.2, 0) is 14.0 Å². The fraction of sp³-hybridized carbons (Fsp3) is 0.548. The Morgan fingerprint density at radius 1 is 0.950 bits per heavy atom. The van der Waals surface area contributed by atoms with Gasteiger partial charge in [-0.1, -0.05) is 44.0 Å². The van der Waals surface area contributed by atoms with Gasteiger partial charge in [-0.15, -0.1) is 0 Å². The van der Waals surface area contributed by atoms with E-state index in [4.69, 9.17) is 18.8 Å². The van der Waals surface area contributed by atoms with Crippen molar-refractivity contribution < 1.29 is 28.4 Å². The molecule has 0 bridgehead atoms. The highest BCUT2D eigenvalue weighted by Crippen LogP contribution is 2.37. The zero-order valence-corrected chi connectivity index (χ0v) is 26.0. The number of benzene rings is 2. The van der Waals surface area contributed by atoms with Crippen LogP contribution in [0.25, 0.3) is 0 Å². The van der Waals surface area contributed by atoms with Crippen LogP contribution in [0.2, 0.25) is 0 Å². The van der Waals surface area contributed by atoms with Gasteiger partial charge in [0.15, 0.2) is 0 Å². The van der Waals surface area contributed by atoms with Gasteiger partial charge in [-0.05, 0) is 72.1 Å². The Balaban J connectivity index is 1.97. The first kappa shape index (κ1) is 31.6. The molecule has 0 aliphatic carbocycles. The first-order valence-electron chi connectivity index (χ1n) is 13.8. The first-order valence-corrected chi connectivity index (χ1v) is 13.8. The fourth-order valence-corrected chi connectivity index (χ4v) is 4.61. The van der Waals surface area contributed by atoms with Crippen LogP contribution >= 0.6 is 0 Å². The molecule has 1 aliphatic heterocycles. The number of nitrogens with zero attached hydrogens (tertiary/aromatic N) is 1. The minimum atomic E-state index is -0.665. The number of hydrogen-bond acceptors (Lipinski definition) is 6. The van der Waals surface area contributed by atoms with Gasteiger partial charge in [0.1, 0.15) is 12.4 Å². The van der Waals surface area contributed by atoms with E-state index in [1.54, 1.807) is 19.2 Å². The monoisotopic (exact) mass is 552 g/mol. The van der Waals surface area contributed by atoms with Crippen molar-refractivity contribution in [1.29, 1.82) is 0 Å². The van der Waals surface area contributed by atoms with Crippen LogP contribution in [0.5, 0.6) is 5.75 Å². The molecule has 2 amide bonds. The maximum absolute atomic E-state index is 13.7. The molecule has 2 aromatic rings. The molecule has 1 heterocycles. The average Bonchev–Trinajstić information content (AvgIpc) is 3.04. The van der Waals surface area contributed by atoms with Crippen molar-refractivity contribution in [1.82, 2.24) is 10.4 Å². The summed E-state index contributed by atoms with van der Waals surface area (Å²) in [4.78, 5) is 27.3. The minimum absolute atomic E-state index is 0.258. The summed E-state index contributed by atoms with van der Waals surface area (Å²) in [6.45, 7) is 20.7. The van der Waals surface area contributed by atoms with Crippen LogP contribution in [0.3, 0.4) is 0 Å². The van der Waals surface area contributed by atoms with Gasteiger partial charge in [-0.2, -0.15) is 0 Å². The van der Waals surface area contributed by atoms with Crippen molar-refractivity contribution >= 4 is 24.4 Å². The third-order valence-electron chi connectivity index (χ3n) is 7.30. The molecule has 0 unspecified atom stereocenters. The number of aryl methyl sites for hydroxylation is 2. The summed E-state index contributed by atoms with van der Waals surface area (Å²) in [7, 11) is 0.938. The maximum atomic E-state index is 13.7. The second-order valence-corrected chi connectivity index (χ2v) is 12.9. The van der Waals surface area contributed by atoms with Crippen LogP contribution in [0.15, 0.2) is 30.3 Å². The summed E-state index contributed by atoms with van der Waals surface area (Å²) in [5.41, 5.74) is 5.75. The van der Waals surface area contributed by atoms with E-state index in [1.165, 1.54) is 5.01 Å². The summed E-state index contributed by atoms with van der Waals surface area (Å²) in [5.74, 6) is -0.166. The van der Waals surface area contributed by atoms with Gasteiger partial charge < -0.3 is 18.8 Å². The predicted molar refractivity (Wildman–Crippen MR) is 158 cm³/mol.